The molecule has 0 N–H and O–H groups in total. The van der Waals surface area contributed by atoms with Gasteiger partial charge in [-0.3, -0.25) is 4.79 Å². The van der Waals surface area contributed by atoms with E-state index in [0.717, 1.165) is 0 Å². The first-order valence-corrected chi connectivity index (χ1v) is 7.16. The summed E-state index contributed by atoms with van der Waals surface area (Å²) in [6.45, 7) is 1.62. The second-order valence-corrected chi connectivity index (χ2v) is 6.10. The van der Waals surface area contributed by atoms with Gasteiger partial charge in [0.2, 0.25) is 0 Å². The molecule has 4 heteroatoms. The first kappa shape index (κ1) is 12.9. The number of ketones is 1. The van der Waals surface area contributed by atoms with E-state index >= 15 is 0 Å². The van der Waals surface area contributed by atoms with Crippen molar-refractivity contribution in [1.29, 1.82) is 0 Å². The van der Waals surface area contributed by atoms with E-state index < -0.39 is 9.84 Å². The molecule has 1 aromatic rings. The van der Waals surface area contributed by atoms with E-state index in [2.05, 4.69) is 0 Å². The molecule has 0 radical (unpaired) electrons. The summed E-state index contributed by atoms with van der Waals surface area (Å²) >= 11 is 0. The molecular formula is C12H16O3S. The minimum atomic E-state index is -2.95. The summed E-state index contributed by atoms with van der Waals surface area (Å²) in [5, 5.41) is 0. The highest BCUT2D eigenvalue weighted by Gasteiger charge is 2.10. The number of Topliss-reactive ketones (excluding diaryl/α,β-unsaturated/α-hetero) is 1. The Kier molecular flexibility index (Phi) is 4.68. The minimum absolute atomic E-state index is 0.00639. The number of benzene rings is 1. The predicted octanol–water partition coefficient (Wildman–Crippen LogP) is 2.08. The summed E-state index contributed by atoms with van der Waals surface area (Å²) in [5.41, 5.74) is 0.649. The molecule has 0 fully saturated rings. The van der Waals surface area contributed by atoms with Gasteiger partial charge in [0.25, 0.3) is 0 Å². The molecule has 0 aliphatic carbocycles. The lowest BCUT2D eigenvalue weighted by atomic mass is 10.1. The molecule has 0 saturated heterocycles. The van der Waals surface area contributed by atoms with E-state index in [1.165, 1.54) is 0 Å². The van der Waals surface area contributed by atoms with Crippen molar-refractivity contribution < 1.29 is 13.2 Å². The minimum Gasteiger partial charge on any atom is -0.294 e. The molecule has 0 aliphatic rings. The summed E-state index contributed by atoms with van der Waals surface area (Å²) in [6, 6.07) is 8.94. The first-order valence-electron chi connectivity index (χ1n) is 5.34. The summed E-state index contributed by atoms with van der Waals surface area (Å²) in [6.07, 6.45) is 0.702. The van der Waals surface area contributed by atoms with Gasteiger partial charge in [0.05, 0.1) is 5.75 Å². The van der Waals surface area contributed by atoms with Gasteiger partial charge in [-0.25, -0.2) is 8.42 Å². The normalized spacial score (nSPS) is 11.3. The largest absolute Gasteiger partial charge is 0.294 e. The van der Waals surface area contributed by atoms with E-state index in [4.69, 9.17) is 0 Å². The van der Waals surface area contributed by atoms with Crippen LogP contribution in [0.25, 0.3) is 0 Å². The summed E-state index contributed by atoms with van der Waals surface area (Å²) in [7, 11) is -2.95. The van der Waals surface area contributed by atoms with Crippen molar-refractivity contribution in [3.8, 4) is 0 Å². The van der Waals surface area contributed by atoms with Crippen LogP contribution >= 0.6 is 0 Å². The summed E-state index contributed by atoms with van der Waals surface area (Å²) in [5.74, 6) is 0.251. The van der Waals surface area contributed by atoms with Gasteiger partial charge >= 0.3 is 0 Å². The Balaban J connectivity index is 2.43. The molecule has 0 heterocycles. The maximum absolute atomic E-state index is 11.6. The average Bonchev–Trinajstić information content (AvgIpc) is 2.30. The lowest BCUT2D eigenvalue weighted by Gasteiger charge is -2.01. The van der Waals surface area contributed by atoms with Crippen LogP contribution in [0.5, 0.6) is 0 Å². The zero-order valence-corrected chi connectivity index (χ0v) is 10.2. The Morgan fingerprint density at radius 1 is 1.19 bits per heavy atom. The molecule has 0 bridgehead atoms. The SMILES string of the molecule is CCS(=O)(=O)CCCC(=O)c1ccccc1. The van der Waals surface area contributed by atoms with Crippen molar-refractivity contribution in [1.82, 2.24) is 0 Å². The Hall–Kier alpha value is -1.16. The second kappa shape index (κ2) is 5.80. The zero-order chi connectivity index (χ0) is 12.0. The van der Waals surface area contributed by atoms with Crippen LogP contribution in [0.4, 0.5) is 0 Å². The van der Waals surface area contributed by atoms with E-state index in [-0.39, 0.29) is 17.3 Å². The van der Waals surface area contributed by atoms with Crippen LogP contribution in [0, 0.1) is 0 Å². The van der Waals surface area contributed by atoms with E-state index in [0.29, 0.717) is 18.4 Å². The molecule has 88 valence electrons. The van der Waals surface area contributed by atoms with Crippen molar-refractivity contribution in [2.75, 3.05) is 11.5 Å². The maximum Gasteiger partial charge on any atom is 0.162 e. The topological polar surface area (TPSA) is 51.2 Å². The molecule has 0 aliphatic heterocycles. The van der Waals surface area contributed by atoms with Crippen molar-refractivity contribution in [3.05, 3.63) is 35.9 Å². The fourth-order valence-corrected chi connectivity index (χ4v) is 2.24. The number of hydrogen-bond acceptors (Lipinski definition) is 3. The lowest BCUT2D eigenvalue weighted by molar-refractivity contribution is 0.0982. The number of rotatable bonds is 6. The van der Waals surface area contributed by atoms with Gasteiger partial charge in [-0.15, -0.1) is 0 Å². The Labute approximate surface area is 96.4 Å². The average molecular weight is 240 g/mol. The van der Waals surface area contributed by atoms with Crippen LogP contribution in [0.1, 0.15) is 30.1 Å². The van der Waals surface area contributed by atoms with Gasteiger partial charge in [0.1, 0.15) is 9.84 Å². The van der Waals surface area contributed by atoms with Crippen LogP contribution in [-0.2, 0) is 9.84 Å². The fraction of sp³-hybridized carbons (Fsp3) is 0.417. The van der Waals surface area contributed by atoms with Crippen LogP contribution in [0.15, 0.2) is 30.3 Å². The summed E-state index contributed by atoms with van der Waals surface area (Å²) < 4.78 is 22.4. The zero-order valence-electron chi connectivity index (χ0n) is 9.35. The summed E-state index contributed by atoms with van der Waals surface area (Å²) in [4.78, 5) is 11.6. The van der Waals surface area contributed by atoms with Gasteiger partial charge in [-0.1, -0.05) is 37.3 Å². The molecule has 1 aromatic carbocycles. The molecule has 0 aromatic heterocycles. The van der Waals surface area contributed by atoms with Gasteiger partial charge in [0.15, 0.2) is 5.78 Å². The Morgan fingerprint density at radius 2 is 1.81 bits per heavy atom. The first-order chi connectivity index (χ1) is 7.55. The van der Waals surface area contributed by atoms with Crippen molar-refractivity contribution in [2.24, 2.45) is 0 Å². The quantitative estimate of drug-likeness (QED) is 0.715. The lowest BCUT2D eigenvalue weighted by Crippen LogP contribution is -2.10. The van der Waals surface area contributed by atoms with Crippen LogP contribution < -0.4 is 0 Å². The van der Waals surface area contributed by atoms with Gasteiger partial charge in [0, 0.05) is 17.7 Å². The van der Waals surface area contributed by atoms with Gasteiger partial charge in [-0.2, -0.15) is 0 Å². The van der Waals surface area contributed by atoms with Gasteiger partial charge < -0.3 is 0 Å². The third-order valence-electron chi connectivity index (χ3n) is 2.39. The molecule has 0 saturated carbocycles. The number of carbonyl (C=O) groups is 1. The number of sulfone groups is 1. The Morgan fingerprint density at radius 3 is 2.38 bits per heavy atom. The van der Waals surface area contributed by atoms with E-state index in [1.54, 1.807) is 31.2 Å². The molecule has 0 atom stereocenters. The van der Waals surface area contributed by atoms with E-state index in [1.807, 2.05) is 6.07 Å². The smallest absolute Gasteiger partial charge is 0.162 e. The third-order valence-corrected chi connectivity index (χ3v) is 4.19. The van der Waals surface area contributed by atoms with Crippen molar-refractivity contribution in [2.45, 2.75) is 19.8 Å². The number of hydrogen-bond donors (Lipinski definition) is 0. The van der Waals surface area contributed by atoms with Crippen molar-refractivity contribution >= 4 is 15.6 Å². The molecule has 3 nitrogen and oxygen atoms in total. The van der Waals surface area contributed by atoms with Crippen LogP contribution in [0.3, 0.4) is 0 Å². The molecule has 0 amide bonds. The number of carbonyl (C=O) groups excluding carboxylic acids is 1. The second-order valence-electron chi connectivity index (χ2n) is 3.63. The standard InChI is InChI=1S/C12H16O3S/c1-2-16(14,15)10-6-9-12(13)11-7-4-3-5-8-11/h3-5,7-8H,2,6,9-10H2,1H3. The Bertz CT molecular complexity index is 435. The van der Waals surface area contributed by atoms with Crippen LogP contribution in [0.2, 0.25) is 0 Å². The molecule has 16 heavy (non-hydrogen) atoms. The third kappa shape index (κ3) is 4.14. The fourth-order valence-electron chi connectivity index (χ4n) is 1.37. The molecule has 1 rings (SSSR count). The molecular weight excluding hydrogens is 224 g/mol. The van der Waals surface area contributed by atoms with Gasteiger partial charge in [-0.05, 0) is 6.42 Å². The maximum atomic E-state index is 11.6. The highest BCUT2D eigenvalue weighted by Crippen LogP contribution is 2.06. The van der Waals surface area contributed by atoms with Crippen LogP contribution in [-0.4, -0.2) is 25.7 Å². The monoisotopic (exact) mass is 240 g/mol. The molecule has 0 unspecified atom stereocenters. The highest BCUT2D eigenvalue weighted by atomic mass is 32.2. The molecule has 0 spiro atoms. The predicted molar refractivity (Wildman–Crippen MR) is 64.3 cm³/mol. The highest BCUT2D eigenvalue weighted by molar-refractivity contribution is 7.91. The van der Waals surface area contributed by atoms with Crippen molar-refractivity contribution in [3.63, 3.8) is 0 Å². The van der Waals surface area contributed by atoms with E-state index in [9.17, 15) is 13.2 Å².